The zero-order valence-corrected chi connectivity index (χ0v) is 13.9. The molecule has 1 aromatic rings. The van der Waals surface area contributed by atoms with Crippen molar-refractivity contribution in [3.63, 3.8) is 0 Å². The maximum absolute atomic E-state index is 12.2. The Labute approximate surface area is 138 Å². The molecule has 2 aliphatic heterocycles. The van der Waals surface area contributed by atoms with Crippen LogP contribution in [0.15, 0.2) is 30.3 Å². The molecule has 0 radical (unpaired) electrons. The van der Waals surface area contributed by atoms with Crippen molar-refractivity contribution in [1.82, 2.24) is 9.80 Å². The first-order valence-electron chi connectivity index (χ1n) is 8.77. The number of hydrogen-bond donors (Lipinski definition) is 0. The average molecular weight is 314 g/mol. The summed E-state index contributed by atoms with van der Waals surface area (Å²) in [6.07, 6.45) is 4.52. The summed E-state index contributed by atoms with van der Waals surface area (Å²) in [6, 6.07) is 10.4. The standard InChI is InChI=1S/C19H26N2O2/c1-15-7-5-6-12-21(15)17-13-20(14-17)19(23)11-10-18(22)16-8-3-2-4-9-16/h2-4,8-9,15,17H,5-7,10-14H2,1H3. The highest BCUT2D eigenvalue weighted by Crippen LogP contribution is 2.25. The summed E-state index contributed by atoms with van der Waals surface area (Å²) in [5.41, 5.74) is 0.698. The quantitative estimate of drug-likeness (QED) is 0.785. The molecule has 0 saturated carbocycles. The molecule has 23 heavy (non-hydrogen) atoms. The van der Waals surface area contributed by atoms with Crippen LogP contribution in [0.25, 0.3) is 0 Å². The topological polar surface area (TPSA) is 40.6 Å². The van der Waals surface area contributed by atoms with Crippen LogP contribution < -0.4 is 0 Å². The lowest BCUT2D eigenvalue weighted by Gasteiger charge is -2.49. The van der Waals surface area contributed by atoms with E-state index in [9.17, 15) is 9.59 Å². The number of piperidine rings is 1. The van der Waals surface area contributed by atoms with Crippen molar-refractivity contribution in [3.05, 3.63) is 35.9 Å². The molecule has 1 amide bonds. The van der Waals surface area contributed by atoms with Crippen LogP contribution in [0.5, 0.6) is 0 Å². The largest absolute Gasteiger partial charge is 0.339 e. The molecule has 2 heterocycles. The Bertz CT molecular complexity index is 552. The summed E-state index contributed by atoms with van der Waals surface area (Å²) >= 11 is 0. The third-order valence-electron chi connectivity index (χ3n) is 5.20. The summed E-state index contributed by atoms with van der Waals surface area (Å²) in [4.78, 5) is 28.7. The first kappa shape index (κ1) is 16.2. The number of benzene rings is 1. The number of Topliss-reactive ketones (excluding diaryl/α,β-unsaturated/α-hetero) is 1. The maximum Gasteiger partial charge on any atom is 0.223 e. The second-order valence-electron chi connectivity index (χ2n) is 6.82. The van der Waals surface area contributed by atoms with Crippen molar-refractivity contribution < 1.29 is 9.59 Å². The fourth-order valence-corrected chi connectivity index (χ4v) is 3.68. The van der Waals surface area contributed by atoms with Gasteiger partial charge < -0.3 is 4.90 Å². The molecule has 1 unspecified atom stereocenters. The van der Waals surface area contributed by atoms with Crippen molar-refractivity contribution in [3.8, 4) is 0 Å². The Kier molecular flexibility index (Phi) is 5.11. The van der Waals surface area contributed by atoms with Gasteiger partial charge in [0.1, 0.15) is 0 Å². The average Bonchev–Trinajstić information content (AvgIpc) is 2.54. The molecular weight excluding hydrogens is 288 g/mol. The third kappa shape index (κ3) is 3.81. The highest BCUT2D eigenvalue weighted by atomic mass is 16.2. The van der Waals surface area contributed by atoms with Crippen LogP contribution in [0.2, 0.25) is 0 Å². The molecule has 4 heteroatoms. The monoisotopic (exact) mass is 314 g/mol. The van der Waals surface area contributed by atoms with Crippen LogP contribution in [0.3, 0.4) is 0 Å². The molecule has 124 valence electrons. The van der Waals surface area contributed by atoms with Gasteiger partial charge in [-0.3, -0.25) is 14.5 Å². The van der Waals surface area contributed by atoms with E-state index in [-0.39, 0.29) is 11.7 Å². The fraction of sp³-hybridized carbons (Fsp3) is 0.579. The van der Waals surface area contributed by atoms with Gasteiger partial charge in [-0.25, -0.2) is 0 Å². The molecule has 2 saturated heterocycles. The first-order chi connectivity index (χ1) is 11.1. The molecule has 0 bridgehead atoms. The zero-order valence-electron chi connectivity index (χ0n) is 13.9. The Hall–Kier alpha value is -1.68. The molecule has 3 rings (SSSR count). The van der Waals surface area contributed by atoms with Crippen molar-refractivity contribution >= 4 is 11.7 Å². The van der Waals surface area contributed by atoms with Crippen LogP contribution >= 0.6 is 0 Å². The van der Waals surface area contributed by atoms with Gasteiger partial charge in [0.15, 0.2) is 5.78 Å². The second-order valence-corrected chi connectivity index (χ2v) is 6.82. The highest BCUT2D eigenvalue weighted by molar-refractivity contribution is 5.97. The smallest absolute Gasteiger partial charge is 0.223 e. The van der Waals surface area contributed by atoms with Gasteiger partial charge in [-0.1, -0.05) is 36.8 Å². The van der Waals surface area contributed by atoms with Gasteiger partial charge in [-0.05, 0) is 26.3 Å². The zero-order chi connectivity index (χ0) is 16.2. The molecule has 0 aliphatic carbocycles. The molecule has 2 fully saturated rings. The second kappa shape index (κ2) is 7.26. The molecule has 0 spiro atoms. The number of likely N-dealkylation sites (tertiary alicyclic amines) is 2. The number of rotatable bonds is 5. The first-order valence-corrected chi connectivity index (χ1v) is 8.77. The van der Waals surface area contributed by atoms with Gasteiger partial charge >= 0.3 is 0 Å². The van der Waals surface area contributed by atoms with Gasteiger partial charge in [0.2, 0.25) is 5.91 Å². The lowest BCUT2D eigenvalue weighted by molar-refractivity contribution is -0.139. The summed E-state index contributed by atoms with van der Waals surface area (Å²) in [5.74, 6) is 0.177. The van der Waals surface area contributed by atoms with E-state index in [1.54, 1.807) is 0 Å². The van der Waals surface area contributed by atoms with E-state index in [2.05, 4.69) is 11.8 Å². The number of carbonyl (C=O) groups is 2. The van der Waals surface area contributed by atoms with E-state index in [1.165, 1.54) is 25.8 Å². The molecule has 0 aromatic heterocycles. The van der Waals surface area contributed by atoms with Crippen LogP contribution in [0.4, 0.5) is 0 Å². The Balaban J connectivity index is 1.41. The van der Waals surface area contributed by atoms with Gasteiger partial charge in [-0.2, -0.15) is 0 Å². The Morgan fingerprint density at radius 1 is 1.09 bits per heavy atom. The van der Waals surface area contributed by atoms with E-state index >= 15 is 0 Å². The maximum atomic E-state index is 12.2. The van der Waals surface area contributed by atoms with Crippen molar-refractivity contribution in [2.45, 2.75) is 51.1 Å². The summed E-state index contributed by atoms with van der Waals surface area (Å²) in [7, 11) is 0. The highest BCUT2D eigenvalue weighted by Gasteiger charge is 2.37. The van der Waals surface area contributed by atoms with Gasteiger partial charge in [0.05, 0.1) is 0 Å². The lowest BCUT2D eigenvalue weighted by Crippen LogP contribution is -2.63. The van der Waals surface area contributed by atoms with E-state index in [0.29, 0.717) is 30.5 Å². The number of hydrogen-bond acceptors (Lipinski definition) is 3. The molecule has 1 aromatic carbocycles. The predicted molar refractivity (Wildman–Crippen MR) is 90.4 cm³/mol. The van der Waals surface area contributed by atoms with Gasteiger partial charge in [0.25, 0.3) is 0 Å². The van der Waals surface area contributed by atoms with Crippen LogP contribution in [-0.2, 0) is 4.79 Å². The van der Waals surface area contributed by atoms with E-state index in [1.807, 2.05) is 35.2 Å². The van der Waals surface area contributed by atoms with E-state index in [4.69, 9.17) is 0 Å². The number of amides is 1. The van der Waals surface area contributed by atoms with E-state index in [0.717, 1.165) is 13.1 Å². The minimum atomic E-state index is 0.0562. The molecular formula is C19H26N2O2. The molecule has 0 N–H and O–H groups in total. The number of ketones is 1. The van der Waals surface area contributed by atoms with Gasteiger partial charge in [-0.15, -0.1) is 0 Å². The third-order valence-corrected chi connectivity index (χ3v) is 5.20. The normalized spacial score (nSPS) is 22.7. The molecule has 1 atom stereocenters. The van der Waals surface area contributed by atoms with E-state index < -0.39 is 0 Å². The molecule has 4 nitrogen and oxygen atoms in total. The minimum Gasteiger partial charge on any atom is -0.339 e. The minimum absolute atomic E-state index is 0.0562. The SMILES string of the molecule is CC1CCCCN1C1CN(C(=O)CCC(=O)c2ccccc2)C1. The summed E-state index contributed by atoms with van der Waals surface area (Å²) < 4.78 is 0. The predicted octanol–water partition coefficient (Wildman–Crippen LogP) is 2.73. The summed E-state index contributed by atoms with van der Waals surface area (Å²) in [5, 5.41) is 0. The fourth-order valence-electron chi connectivity index (χ4n) is 3.68. The van der Waals surface area contributed by atoms with Crippen LogP contribution in [0, 0.1) is 0 Å². The van der Waals surface area contributed by atoms with Crippen LogP contribution in [-0.4, -0.2) is 53.2 Å². The molecule has 2 aliphatic rings. The Morgan fingerprint density at radius 3 is 2.52 bits per heavy atom. The van der Waals surface area contributed by atoms with Crippen LogP contribution in [0.1, 0.15) is 49.4 Å². The summed E-state index contributed by atoms with van der Waals surface area (Å²) in [6.45, 7) is 5.13. The lowest BCUT2D eigenvalue weighted by atomic mass is 9.97. The van der Waals surface area contributed by atoms with Crippen molar-refractivity contribution in [2.24, 2.45) is 0 Å². The Morgan fingerprint density at radius 2 is 1.83 bits per heavy atom. The van der Waals surface area contributed by atoms with Crippen molar-refractivity contribution in [1.29, 1.82) is 0 Å². The number of nitrogens with zero attached hydrogens (tertiary/aromatic N) is 2. The number of carbonyl (C=O) groups excluding carboxylic acids is 2. The van der Waals surface area contributed by atoms with Crippen molar-refractivity contribution in [2.75, 3.05) is 19.6 Å². The van der Waals surface area contributed by atoms with Gasteiger partial charge in [0, 0.05) is 43.6 Å².